The summed E-state index contributed by atoms with van der Waals surface area (Å²) in [5.41, 5.74) is 0.400. The molecule has 0 saturated carbocycles. The largest absolute Gasteiger partial charge is 0.480 e. The number of aliphatic carboxylic acids is 1. The van der Waals surface area contributed by atoms with Gasteiger partial charge in [-0.25, -0.2) is 4.79 Å². The van der Waals surface area contributed by atoms with Gasteiger partial charge in [-0.2, -0.15) is 5.10 Å². The second-order valence-electron chi connectivity index (χ2n) is 5.62. The Morgan fingerprint density at radius 2 is 1.95 bits per heavy atom. The van der Waals surface area contributed by atoms with Crippen molar-refractivity contribution >= 4 is 11.9 Å². The van der Waals surface area contributed by atoms with Crippen LogP contribution in [-0.4, -0.2) is 63.8 Å². The van der Waals surface area contributed by atoms with Crippen LogP contribution < -0.4 is 0 Å². The predicted octanol–water partition coefficient (Wildman–Crippen LogP) is 0.508. The van der Waals surface area contributed by atoms with E-state index in [1.807, 2.05) is 0 Å². The first-order chi connectivity index (χ1) is 10.5. The van der Waals surface area contributed by atoms with Crippen LogP contribution in [-0.2, 0) is 14.3 Å². The van der Waals surface area contributed by atoms with Crippen LogP contribution in [0.2, 0.25) is 0 Å². The molecule has 8 heteroatoms. The van der Waals surface area contributed by atoms with E-state index in [4.69, 9.17) is 14.6 Å². The average molecular weight is 309 g/mol. The Morgan fingerprint density at radius 1 is 1.32 bits per heavy atom. The van der Waals surface area contributed by atoms with Crippen LogP contribution >= 0.6 is 0 Å². The lowest BCUT2D eigenvalue weighted by atomic mass is 10.0. The Bertz CT molecular complexity index is 569. The quantitative estimate of drug-likeness (QED) is 0.874. The SMILES string of the molecule is CC(C(=O)O)n1cc(C(=O)N2CCC3(CC2)OCCO3)cn1. The van der Waals surface area contributed by atoms with Crippen molar-refractivity contribution in [1.29, 1.82) is 0 Å². The van der Waals surface area contributed by atoms with E-state index in [9.17, 15) is 9.59 Å². The maximum absolute atomic E-state index is 12.5. The molecule has 3 rings (SSSR count). The molecule has 2 saturated heterocycles. The number of carboxylic acid groups (broad SMARTS) is 1. The number of piperidine rings is 1. The van der Waals surface area contributed by atoms with Gasteiger partial charge in [-0.15, -0.1) is 0 Å². The van der Waals surface area contributed by atoms with Crippen molar-refractivity contribution in [2.24, 2.45) is 0 Å². The molecule has 0 aromatic carbocycles. The minimum atomic E-state index is -0.988. The van der Waals surface area contributed by atoms with Gasteiger partial charge in [-0.05, 0) is 6.92 Å². The molecule has 2 aliphatic rings. The van der Waals surface area contributed by atoms with Crippen LogP contribution in [0.1, 0.15) is 36.2 Å². The van der Waals surface area contributed by atoms with Gasteiger partial charge >= 0.3 is 5.97 Å². The van der Waals surface area contributed by atoms with Crippen LogP contribution in [0, 0.1) is 0 Å². The summed E-state index contributed by atoms with van der Waals surface area (Å²) in [5, 5.41) is 12.9. The molecule has 120 valence electrons. The van der Waals surface area contributed by atoms with E-state index in [1.54, 1.807) is 4.90 Å². The number of likely N-dealkylation sites (tertiary alicyclic amines) is 1. The van der Waals surface area contributed by atoms with Crippen LogP contribution in [0.25, 0.3) is 0 Å². The van der Waals surface area contributed by atoms with E-state index >= 15 is 0 Å². The summed E-state index contributed by atoms with van der Waals surface area (Å²) < 4.78 is 12.6. The second-order valence-corrected chi connectivity index (χ2v) is 5.62. The van der Waals surface area contributed by atoms with E-state index in [2.05, 4.69) is 5.10 Å². The van der Waals surface area contributed by atoms with Crippen molar-refractivity contribution in [3.63, 3.8) is 0 Å². The molecule has 1 atom stereocenters. The van der Waals surface area contributed by atoms with Gasteiger partial charge in [0.15, 0.2) is 5.79 Å². The fraction of sp³-hybridized carbons (Fsp3) is 0.643. The number of nitrogens with zero attached hydrogens (tertiary/aromatic N) is 3. The number of aromatic nitrogens is 2. The third kappa shape index (κ3) is 2.71. The van der Waals surface area contributed by atoms with Gasteiger partial charge in [0, 0.05) is 32.1 Å². The summed E-state index contributed by atoms with van der Waals surface area (Å²) in [4.78, 5) is 25.1. The topological polar surface area (TPSA) is 93.9 Å². The Labute approximate surface area is 127 Å². The molecule has 0 bridgehead atoms. The third-order valence-corrected chi connectivity index (χ3v) is 4.23. The second kappa shape index (κ2) is 5.69. The molecular weight excluding hydrogens is 290 g/mol. The number of carbonyl (C=O) groups is 2. The van der Waals surface area contributed by atoms with Gasteiger partial charge < -0.3 is 19.5 Å². The Kier molecular flexibility index (Phi) is 3.88. The number of ether oxygens (including phenoxy) is 2. The standard InChI is InChI=1S/C14H19N3O5/c1-10(13(19)20)17-9-11(8-15-17)12(18)16-4-2-14(3-5-16)21-6-7-22-14/h8-10H,2-7H2,1H3,(H,19,20). The number of amides is 1. The first-order valence-electron chi connectivity index (χ1n) is 7.35. The maximum Gasteiger partial charge on any atom is 0.328 e. The molecule has 1 amide bonds. The molecule has 1 unspecified atom stereocenters. The summed E-state index contributed by atoms with van der Waals surface area (Å²) in [6, 6.07) is -0.800. The van der Waals surface area contributed by atoms with E-state index in [0.717, 1.165) is 0 Å². The van der Waals surface area contributed by atoms with Crippen LogP contribution in [0.15, 0.2) is 12.4 Å². The first-order valence-corrected chi connectivity index (χ1v) is 7.35. The summed E-state index contributed by atoms with van der Waals surface area (Å²) >= 11 is 0. The summed E-state index contributed by atoms with van der Waals surface area (Å²) in [6.45, 7) is 3.83. The fourth-order valence-corrected chi connectivity index (χ4v) is 2.79. The van der Waals surface area contributed by atoms with Crippen molar-refractivity contribution in [3.8, 4) is 0 Å². The molecule has 2 fully saturated rings. The van der Waals surface area contributed by atoms with Crippen molar-refractivity contribution in [1.82, 2.24) is 14.7 Å². The Hall–Kier alpha value is -1.93. The number of rotatable bonds is 3. The van der Waals surface area contributed by atoms with Crippen LogP contribution in [0.5, 0.6) is 0 Å². The minimum absolute atomic E-state index is 0.142. The molecule has 1 aromatic rings. The monoisotopic (exact) mass is 309 g/mol. The fourth-order valence-electron chi connectivity index (χ4n) is 2.79. The van der Waals surface area contributed by atoms with Gasteiger partial charge in [0.05, 0.1) is 25.0 Å². The van der Waals surface area contributed by atoms with Crippen molar-refractivity contribution in [3.05, 3.63) is 18.0 Å². The highest BCUT2D eigenvalue weighted by Crippen LogP contribution is 2.31. The number of hydrogen-bond donors (Lipinski definition) is 1. The van der Waals surface area contributed by atoms with Crippen molar-refractivity contribution in [2.75, 3.05) is 26.3 Å². The third-order valence-electron chi connectivity index (χ3n) is 4.23. The molecule has 1 aromatic heterocycles. The molecule has 3 heterocycles. The van der Waals surface area contributed by atoms with E-state index in [0.29, 0.717) is 44.7 Å². The molecule has 0 aliphatic carbocycles. The number of carbonyl (C=O) groups excluding carboxylic acids is 1. The Morgan fingerprint density at radius 3 is 2.55 bits per heavy atom. The van der Waals surface area contributed by atoms with E-state index in [-0.39, 0.29) is 5.91 Å². The number of hydrogen-bond acceptors (Lipinski definition) is 5. The van der Waals surface area contributed by atoms with Gasteiger partial charge in [-0.3, -0.25) is 9.48 Å². The lowest BCUT2D eigenvalue weighted by molar-refractivity contribution is -0.181. The van der Waals surface area contributed by atoms with Gasteiger partial charge in [0.2, 0.25) is 0 Å². The number of carboxylic acids is 1. The predicted molar refractivity (Wildman–Crippen MR) is 74.3 cm³/mol. The smallest absolute Gasteiger partial charge is 0.328 e. The molecule has 2 aliphatic heterocycles. The molecule has 0 radical (unpaired) electrons. The first kappa shape index (κ1) is 15.0. The summed E-state index contributed by atoms with van der Waals surface area (Å²) in [6.07, 6.45) is 4.19. The molecular formula is C14H19N3O5. The zero-order valence-corrected chi connectivity index (χ0v) is 12.4. The van der Waals surface area contributed by atoms with Gasteiger partial charge in [0.25, 0.3) is 5.91 Å². The highest BCUT2D eigenvalue weighted by Gasteiger charge is 2.41. The molecule has 1 spiro atoms. The maximum atomic E-state index is 12.5. The molecule has 8 nitrogen and oxygen atoms in total. The van der Waals surface area contributed by atoms with E-state index < -0.39 is 17.8 Å². The van der Waals surface area contributed by atoms with Crippen molar-refractivity contribution in [2.45, 2.75) is 31.6 Å². The van der Waals surface area contributed by atoms with Gasteiger partial charge in [-0.1, -0.05) is 0 Å². The summed E-state index contributed by atoms with van der Waals surface area (Å²) in [7, 11) is 0. The Balaban J connectivity index is 1.64. The lowest BCUT2D eigenvalue weighted by Crippen LogP contribution is -2.47. The highest BCUT2D eigenvalue weighted by molar-refractivity contribution is 5.93. The lowest BCUT2D eigenvalue weighted by Gasteiger charge is -2.37. The average Bonchev–Trinajstić information content (AvgIpc) is 3.16. The highest BCUT2D eigenvalue weighted by atomic mass is 16.7. The van der Waals surface area contributed by atoms with Crippen LogP contribution in [0.3, 0.4) is 0 Å². The van der Waals surface area contributed by atoms with E-state index in [1.165, 1.54) is 24.0 Å². The van der Waals surface area contributed by atoms with Gasteiger partial charge in [0.1, 0.15) is 6.04 Å². The normalized spacial score (nSPS) is 22.0. The van der Waals surface area contributed by atoms with Crippen molar-refractivity contribution < 1.29 is 24.2 Å². The zero-order valence-electron chi connectivity index (χ0n) is 12.4. The zero-order chi connectivity index (χ0) is 15.7. The summed E-state index contributed by atoms with van der Waals surface area (Å²) in [5.74, 6) is -1.65. The molecule has 22 heavy (non-hydrogen) atoms. The minimum Gasteiger partial charge on any atom is -0.480 e. The molecule has 1 N–H and O–H groups in total. The van der Waals surface area contributed by atoms with Crippen LogP contribution in [0.4, 0.5) is 0 Å².